The summed E-state index contributed by atoms with van der Waals surface area (Å²) in [5.41, 5.74) is 5.30. The van der Waals surface area contributed by atoms with Crippen LogP contribution in [0.1, 0.15) is 36.0 Å². The SMILES string of the molecule is CSCC[C@@H](NC(=O)OCC1c2ccccc2-c2ccccc21)C(=O)N[C@H](C(=O)O)[C@@H](C)OCc1ccccc1. The van der Waals surface area contributed by atoms with Gasteiger partial charge in [-0.2, -0.15) is 11.8 Å². The molecule has 0 heterocycles. The van der Waals surface area contributed by atoms with Gasteiger partial charge in [0.05, 0.1) is 12.7 Å². The van der Waals surface area contributed by atoms with Gasteiger partial charge in [-0.15, -0.1) is 0 Å². The Balaban J connectivity index is 1.37. The minimum atomic E-state index is -1.29. The van der Waals surface area contributed by atoms with Gasteiger partial charge in [0.2, 0.25) is 5.91 Å². The summed E-state index contributed by atoms with van der Waals surface area (Å²) in [6.07, 6.45) is 0.658. The zero-order chi connectivity index (χ0) is 28.5. The van der Waals surface area contributed by atoms with Crippen molar-refractivity contribution in [3.8, 4) is 11.1 Å². The molecule has 9 heteroatoms. The fraction of sp³-hybridized carbons (Fsp3) is 0.323. The Labute approximate surface area is 238 Å². The Morgan fingerprint density at radius 3 is 2.10 bits per heavy atom. The minimum Gasteiger partial charge on any atom is -0.480 e. The highest BCUT2D eigenvalue weighted by atomic mass is 32.2. The standard InChI is InChI=1S/C31H34N2O6S/c1-20(38-18-21-10-4-3-5-11-21)28(30(35)36)33-29(34)27(16-17-40-2)32-31(37)39-19-26-24-14-8-6-12-22(24)23-13-7-9-15-25(23)26/h3-15,20,26-28H,16-19H2,1-2H3,(H,32,37)(H,33,34)(H,35,36)/t20-,27-,28+/m1/s1. The van der Waals surface area contributed by atoms with Gasteiger partial charge in [-0.05, 0) is 53.2 Å². The topological polar surface area (TPSA) is 114 Å². The molecule has 0 aromatic heterocycles. The van der Waals surface area contributed by atoms with Crippen molar-refractivity contribution >= 4 is 29.7 Å². The number of hydrogen-bond acceptors (Lipinski definition) is 6. The second-order valence-electron chi connectivity index (χ2n) is 9.63. The van der Waals surface area contributed by atoms with E-state index in [1.54, 1.807) is 6.92 Å². The number of amides is 2. The van der Waals surface area contributed by atoms with Crippen LogP contribution in [0.25, 0.3) is 11.1 Å². The van der Waals surface area contributed by atoms with Crippen molar-refractivity contribution in [2.75, 3.05) is 18.6 Å². The van der Waals surface area contributed by atoms with E-state index in [1.807, 2.05) is 73.0 Å². The first-order valence-electron chi connectivity index (χ1n) is 13.2. The lowest BCUT2D eigenvalue weighted by molar-refractivity contribution is -0.146. The van der Waals surface area contributed by atoms with Gasteiger partial charge >= 0.3 is 12.1 Å². The van der Waals surface area contributed by atoms with E-state index >= 15 is 0 Å². The van der Waals surface area contributed by atoms with Crippen LogP contribution in [0.5, 0.6) is 0 Å². The van der Waals surface area contributed by atoms with Crippen molar-refractivity contribution < 1.29 is 29.0 Å². The number of aliphatic carboxylic acids is 1. The summed E-state index contributed by atoms with van der Waals surface area (Å²) >= 11 is 1.52. The van der Waals surface area contributed by atoms with Gasteiger partial charge in [0.25, 0.3) is 0 Å². The number of carbonyl (C=O) groups excluding carboxylic acids is 2. The summed E-state index contributed by atoms with van der Waals surface area (Å²) < 4.78 is 11.3. The molecule has 3 N–H and O–H groups in total. The van der Waals surface area contributed by atoms with E-state index in [0.29, 0.717) is 12.2 Å². The lowest BCUT2D eigenvalue weighted by Crippen LogP contribution is -2.55. The minimum absolute atomic E-state index is 0.110. The highest BCUT2D eigenvalue weighted by Crippen LogP contribution is 2.44. The molecule has 4 rings (SSSR count). The average molecular weight is 563 g/mol. The Morgan fingerprint density at radius 2 is 1.50 bits per heavy atom. The van der Waals surface area contributed by atoms with Gasteiger partial charge in [0.1, 0.15) is 12.6 Å². The van der Waals surface area contributed by atoms with Crippen molar-refractivity contribution in [1.82, 2.24) is 10.6 Å². The normalized spacial score (nSPS) is 14.3. The van der Waals surface area contributed by atoms with Gasteiger partial charge in [0.15, 0.2) is 6.04 Å². The lowest BCUT2D eigenvalue weighted by atomic mass is 9.98. The van der Waals surface area contributed by atoms with Crippen molar-refractivity contribution in [1.29, 1.82) is 0 Å². The van der Waals surface area contributed by atoms with Crippen LogP contribution in [-0.2, 0) is 25.7 Å². The number of rotatable bonds is 13. The van der Waals surface area contributed by atoms with E-state index < -0.39 is 36.2 Å². The van der Waals surface area contributed by atoms with Gasteiger partial charge in [-0.25, -0.2) is 9.59 Å². The van der Waals surface area contributed by atoms with Crippen molar-refractivity contribution in [2.24, 2.45) is 0 Å². The molecule has 0 radical (unpaired) electrons. The molecule has 0 saturated carbocycles. The number of nitrogens with one attached hydrogen (secondary N) is 2. The molecule has 0 unspecified atom stereocenters. The van der Waals surface area contributed by atoms with Crippen LogP contribution in [0, 0.1) is 0 Å². The first kappa shape index (κ1) is 29.2. The Hall–Kier alpha value is -3.82. The summed E-state index contributed by atoms with van der Waals surface area (Å²) in [5.74, 6) is -1.36. The number of alkyl carbamates (subject to hydrolysis) is 1. The predicted molar refractivity (Wildman–Crippen MR) is 155 cm³/mol. The average Bonchev–Trinajstić information content (AvgIpc) is 3.29. The van der Waals surface area contributed by atoms with Crippen molar-refractivity contribution in [3.05, 3.63) is 95.6 Å². The fourth-order valence-corrected chi connectivity index (χ4v) is 5.29. The fourth-order valence-electron chi connectivity index (χ4n) is 4.82. The highest BCUT2D eigenvalue weighted by Gasteiger charge is 2.32. The van der Waals surface area contributed by atoms with E-state index in [1.165, 1.54) is 11.8 Å². The molecule has 3 atom stereocenters. The maximum Gasteiger partial charge on any atom is 0.407 e. The molecule has 0 bridgehead atoms. The highest BCUT2D eigenvalue weighted by molar-refractivity contribution is 7.98. The summed E-state index contributed by atoms with van der Waals surface area (Å²) in [4.78, 5) is 38.0. The van der Waals surface area contributed by atoms with E-state index in [0.717, 1.165) is 27.8 Å². The molecule has 2 amide bonds. The Kier molecular flexibility index (Phi) is 10.2. The van der Waals surface area contributed by atoms with Gasteiger partial charge < -0.3 is 25.2 Å². The van der Waals surface area contributed by atoms with E-state index in [4.69, 9.17) is 9.47 Å². The molecule has 1 aliphatic rings. The predicted octanol–water partition coefficient (Wildman–Crippen LogP) is 4.82. The summed E-state index contributed by atoms with van der Waals surface area (Å²) in [6, 6.07) is 23.2. The quantitative estimate of drug-likeness (QED) is 0.274. The first-order valence-corrected chi connectivity index (χ1v) is 14.6. The van der Waals surface area contributed by atoms with Crippen LogP contribution in [0.2, 0.25) is 0 Å². The molecule has 210 valence electrons. The van der Waals surface area contributed by atoms with Crippen LogP contribution >= 0.6 is 11.8 Å². The molecule has 1 aliphatic carbocycles. The van der Waals surface area contributed by atoms with Crippen molar-refractivity contribution in [3.63, 3.8) is 0 Å². The zero-order valence-electron chi connectivity index (χ0n) is 22.5. The molecule has 40 heavy (non-hydrogen) atoms. The number of ether oxygens (including phenoxy) is 2. The molecular formula is C31H34N2O6S. The van der Waals surface area contributed by atoms with Crippen LogP contribution in [-0.4, -0.2) is 59.9 Å². The van der Waals surface area contributed by atoms with Gasteiger partial charge in [-0.3, -0.25) is 4.79 Å². The molecule has 0 aliphatic heterocycles. The molecule has 8 nitrogen and oxygen atoms in total. The molecule has 0 fully saturated rings. The van der Waals surface area contributed by atoms with E-state index in [9.17, 15) is 19.5 Å². The molecule has 0 spiro atoms. The molecule has 3 aromatic rings. The smallest absolute Gasteiger partial charge is 0.407 e. The van der Waals surface area contributed by atoms with E-state index in [2.05, 4.69) is 22.8 Å². The molecule has 3 aromatic carbocycles. The number of hydrogen-bond donors (Lipinski definition) is 3. The number of carboxylic acids is 1. The number of carboxylic acid groups (broad SMARTS) is 1. The van der Waals surface area contributed by atoms with Gasteiger partial charge in [0, 0.05) is 5.92 Å². The largest absolute Gasteiger partial charge is 0.480 e. The maximum absolute atomic E-state index is 13.2. The van der Waals surface area contributed by atoms with Crippen LogP contribution in [0.15, 0.2) is 78.9 Å². The number of carbonyl (C=O) groups is 3. The van der Waals surface area contributed by atoms with E-state index in [-0.39, 0.29) is 19.1 Å². The molecular weight excluding hydrogens is 528 g/mol. The maximum atomic E-state index is 13.2. The Morgan fingerprint density at radius 1 is 0.900 bits per heavy atom. The summed E-state index contributed by atoms with van der Waals surface area (Å²) in [7, 11) is 0. The van der Waals surface area contributed by atoms with Gasteiger partial charge in [-0.1, -0.05) is 78.9 Å². The molecule has 0 saturated heterocycles. The Bertz CT molecular complexity index is 1270. The zero-order valence-corrected chi connectivity index (χ0v) is 23.4. The number of thioether (sulfide) groups is 1. The van der Waals surface area contributed by atoms with Crippen molar-refractivity contribution in [2.45, 2.75) is 44.1 Å². The first-order chi connectivity index (χ1) is 19.4. The summed E-state index contributed by atoms with van der Waals surface area (Å²) in [5, 5.41) is 15.0. The second-order valence-corrected chi connectivity index (χ2v) is 10.6. The third-order valence-corrected chi connectivity index (χ3v) is 7.60. The van der Waals surface area contributed by atoms with Crippen LogP contribution < -0.4 is 10.6 Å². The second kappa shape index (κ2) is 14.0. The van der Waals surface area contributed by atoms with Crippen LogP contribution in [0.4, 0.5) is 4.79 Å². The number of fused-ring (bicyclic) bond motifs is 3. The van der Waals surface area contributed by atoms with Crippen LogP contribution in [0.3, 0.4) is 0 Å². The lowest BCUT2D eigenvalue weighted by Gasteiger charge is -2.25. The third kappa shape index (κ3) is 7.22. The number of benzene rings is 3. The monoisotopic (exact) mass is 562 g/mol. The summed E-state index contributed by atoms with van der Waals surface area (Å²) in [6.45, 7) is 1.91. The third-order valence-electron chi connectivity index (χ3n) is 6.95.